The lowest BCUT2D eigenvalue weighted by atomic mass is 10.0. The van der Waals surface area contributed by atoms with E-state index in [4.69, 9.17) is 10.2 Å². The summed E-state index contributed by atoms with van der Waals surface area (Å²) < 4.78 is 0. The topological polar surface area (TPSA) is 81.1 Å². The van der Waals surface area contributed by atoms with Gasteiger partial charge in [0, 0.05) is 25.5 Å². The number of hydrogen-bond acceptors (Lipinski definition) is 4. The van der Waals surface area contributed by atoms with E-state index in [1.54, 1.807) is 22.2 Å². The summed E-state index contributed by atoms with van der Waals surface area (Å²) in [6.07, 6.45) is 11.2. The number of allylic oxidation sites excluding steroid dienone is 4. The van der Waals surface area contributed by atoms with E-state index in [-0.39, 0.29) is 13.1 Å². The second-order valence-corrected chi connectivity index (χ2v) is 4.60. The monoisotopic (exact) mass is 276 g/mol. The first-order valence-electron chi connectivity index (χ1n) is 6.23. The van der Waals surface area contributed by atoms with Crippen LogP contribution in [0.25, 0.3) is 0 Å². The smallest absolute Gasteiger partial charge is 0.323 e. The summed E-state index contributed by atoms with van der Waals surface area (Å²) in [6, 6.07) is 0. The SMILES string of the molecule is O=C(O)CN1C=CC(C2=CCN(CC(=O)O)C=C2)=CC1. The fraction of sp³-hybridized carbons (Fsp3) is 0.286. The van der Waals surface area contributed by atoms with E-state index in [1.165, 1.54) is 0 Å². The van der Waals surface area contributed by atoms with Crippen molar-refractivity contribution >= 4 is 11.9 Å². The Kier molecular flexibility index (Phi) is 4.24. The second-order valence-electron chi connectivity index (χ2n) is 4.60. The Hall–Kier alpha value is -2.50. The zero-order chi connectivity index (χ0) is 14.5. The zero-order valence-electron chi connectivity index (χ0n) is 10.9. The van der Waals surface area contributed by atoms with Gasteiger partial charge in [0.2, 0.25) is 0 Å². The molecule has 0 saturated carbocycles. The quantitative estimate of drug-likeness (QED) is 0.768. The number of carboxylic acids is 2. The molecule has 2 heterocycles. The number of rotatable bonds is 5. The first-order chi connectivity index (χ1) is 9.54. The van der Waals surface area contributed by atoms with Crippen LogP contribution in [0.5, 0.6) is 0 Å². The van der Waals surface area contributed by atoms with Gasteiger partial charge in [0.25, 0.3) is 0 Å². The molecule has 0 bridgehead atoms. The standard InChI is InChI=1S/C14H16N2O4/c17-13(18)9-15-5-1-11(2-6-15)12-3-7-16(8-4-12)10-14(19)20/h1-5,7H,6,8-10H2,(H,17,18)(H,19,20). The summed E-state index contributed by atoms with van der Waals surface area (Å²) in [4.78, 5) is 24.6. The molecular weight excluding hydrogens is 260 g/mol. The molecule has 6 heteroatoms. The normalized spacial score (nSPS) is 17.8. The van der Waals surface area contributed by atoms with Crippen LogP contribution in [0.15, 0.2) is 47.9 Å². The van der Waals surface area contributed by atoms with Crippen molar-refractivity contribution in [3.05, 3.63) is 47.9 Å². The molecule has 0 atom stereocenters. The van der Waals surface area contributed by atoms with Crippen molar-refractivity contribution in [2.24, 2.45) is 0 Å². The third kappa shape index (κ3) is 3.74. The van der Waals surface area contributed by atoms with Gasteiger partial charge in [-0.2, -0.15) is 0 Å². The molecule has 0 fully saturated rings. The lowest BCUT2D eigenvalue weighted by Gasteiger charge is -2.24. The Balaban J connectivity index is 1.92. The molecule has 0 aromatic carbocycles. The first-order valence-corrected chi connectivity index (χ1v) is 6.23. The van der Waals surface area contributed by atoms with Gasteiger partial charge >= 0.3 is 11.9 Å². The van der Waals surface area contributed by atoms with E-state index in [0.717, 1.165) is 11.1 Å². The van der Waals surface area contributed by atoms with Gasteiger partial charge in [0.05, 0.1) is 0 Å². The van der Waals surface area contributed by atoms with Crippen molar-refractivity contribution < 1.29 is 19.8 Å². The zero-order valence-corrected chi connectivity index (χ0v) is 10.9. The highest BCUT2D eigenvalue weighted by Gasteiger charge is 2.13. The fourth-order valence-corrected chi connectivity index (χ4v) is 2.07. The third-order valence-corrected chi connectivity index (χ3v) is 3.03. The van der Waals surface area contributed by atoms with E-state index in [9.17, 15) is 9.59 Å². The van der Waals surface area contributed by atoms with Crippen molar-refractivity contribution in [3.8, 4) is 0 Å². The van der Waals surface area contributed by atoms with Gasteiger partial charge in [0.1, 0.15) is 13.1 Å². The molecule has 106 valence electrons. The molecular formula is C14H16N2O4. The number of aliphatic carboxylic acids is 2. The maximum absolute atomic E-state index is 10.6. The summed E-state index contributed by atoms with van der Waals surface area (Å²) in [6.45, 7) is 1.09. The summed E-state index contributed by atoms with van der Waals surface area (Å²) in [5.41, 5.74) is 2.05. The molecule has 0 radical (unpaired) electrons. The van der Waals surface area contributed by atoms with Crippen molar-refractivity contribution in [2.45, 2.75) is 0 Å². The van der Waals surface area contributed by atoms with E-state index in [1.807, 2.05) is 24.3 Å². The largest absolute Gasteiger partial charge is 0.480 e. The highest BCUT2D eigenvalue weighted by atomic mass is 16.4. The van der Waals surface area contributed by atoms with E-state index in [0.29, 0.717) is 13.1 Å². The summed E-state index contributed by atoms with van der Waals surface area (Å²) >= 11 is 0. The van der Waals surface area contributed by atoms with Crippen LogP contribution in [0.4, 0.5) is 0 Å². The van der Waals surface area contributed by atoms with Crippen molar-refractivity contribution in [3.63, 3.8) is 0 Å². The van der Waals surface area contributed by atoms with Gasteiger partial charge in [-0.15, -0.1) is 0 Å². The van der Waals surface area contributed by atoms with Gasteiger partial charge in [-0.1, -0.05) is 12.2 Å². The van der Waals surface area contributed by atoms with Crippen LogP contribution in [0, 0.1) is 0 Å². The average Bonchev–Trinajstić information content (AvgIpc) is 2.39. The summed E-state index contributed by atoms with van der Waals surface area (Å²) in [5.74, 6) is -1.71. The van der Waals surface area contributed by atoms with Crippen LogP contribution in [-0.4, -0.2) is 58.1 Å². The van der Waals surface area contributed by atoms with E-state index >= 15 is 0 Å². The van der Waals surface area contributed by atoms with E-state index < -0.39 is 11.9 Å². The fourth-order valence-electron chi connectivity index (χ4n) is 2.07. The number of carbonyl (C=O) groups is 2. The van der Waals surface area contributed by atoms with Gasteiger partial charge in [-0.05, 0) is 23.3 Å². The Morgan fingerprint density at radius 2 is 1.30 bits per heavy atom. The van der Waals surface area contributed by atoms with Crippen LogP contribution in [0.1, 0.15) is 0 Å². The Bertz CT molecular complexity index is 483. The maximum Gasteiger partial charge on any atom is 0.323 e. The van der Waals surface area contributed by atoms with Gasteiger partial charge in [-0.3, -0.25) is 9.59 Å². The molecule has 2 N–H and O–H groups in total. The summed E-state index contributed by atoms with van der Waals surface area (Å²) in [5, 5.41) is 17.4. The molecule has 0 aliphatic carbocycles. The van der Waals surface area contributed by atoms with Gasteiger partial charge < -0.3 is 20.0 Å². The molecule has 6 nitrogen and oxygen atoms in total. The van der Waals surface area contributed by atoms with Gasteiger partial charge in [0.15, 0.2) is 0 Å². The molecule has 2 rings (SSSR count). The van der Waals surface area contributed by atoms with Crippen LogP contribution < -0.4 is 0 Å². The molecule has 0 spiro atoms. The molecule has 2 aliphatic heterocycles. The van der Waals surface area contributed by atoms with Crippen molar-refractivity contribution in [1.29, 1.82) is 0 Å². The second kappa shape index (κ2) is 6.10. The first kappa shape index (κ1) is 13.9. The van der Waals surface area contributed by atoms with Crippen LogP contribution in [0.2, 0.25) is 0 Å². The van der Waals surface area contributed by atoms with Gasteiger partial charge in [-0.25, -0.2) is 0 Å². The molecule has 0 aromatic rings. The highest BCUT2D eigenvalue weighted by molar-refractivity contribution is 5.70. The number of nitrogens with zero attached hydrogens (tertiary/aromatic N) is 2. The third-order valence-electron chi connectivity index (χ3n) is 3.03. The Morgan fingerprint density at radius 1 is 0.900 bits per heavy atom. The minimum Gasteiger partial charge on any atom is -0.480 e. The molecule has 20 heavy (non-hydrogen) atoms. The summed E-state index contributed by atoms with van der Waals surface area (Å²) in [7, 11) is 0. The van der Waals surface area contributed by atoms with Crippen LogP contribution in [0.3, 0.4) is 0 Å². The minimum atomic E-state index is -0.854. The maximum atomic E-state index is 10.6. The molecule has 0 amide bonds. The predicted octanol–water partition coefficient (Wildman–Crippen LogP) is 0.667. The predicted molar refractivity (Wildman–Crippen MR) is 72.9 cm³/mol. The minimum absolute atomic E-state index is 0.0123. The Labute approximate surface area is 116 Å². The number of hydrogen-bond donors (Lipinski definition) is 2. The Morgan fingerprint density at radius 3 is 1.55 bits per heavy atom. The lowest BCUT2D eigenvalue weighted by molar-refractivity contribution is -0.138. The van der Waals surface area contributed by atoms with Crippen LogP contribution in [-0.2, 0) is 9.59 Å². The van der Waals surface area contributed by atoms with Crippen LogP contribution >= 0.6 is 0 Å². The molecule has 0 aromatic heterocycles. The van der Waals surface area contributed by atoms with Crippen molar-refractivity contribution in [1.82, 2.24) is 9.80 Å². The highest BCUT2D eigenvalue weighted by Crippen LogP contribution is 2.20. The average molecular weight is 276 g/mol. The molecule has 0 unspecified atom stereocenters. The molecule has 0 saturated heterocycles. The van der Waals surface area contributed by atoms with E-state index in [2.05, 4.69) is 0 Å². The molecule has 2 aliphatic rings. The number of carboxylic acid groups (broad SMARTS) is 2. The van der Waals surface area contributed by atoms with Crippen molar-refractivity contribution in [2.75, 3.05) is 26.2 Å². The lowest BCUT2D eigenvalue weighted by Crippen LogP contribution is -2.28.